The molecule has 0 bridgehead atoms. The highest BCUT2D eigenvalue weighted by atomic mass is 32.2. The SMILES string of the molecule is CCC(OCCSCC(COC(CC)OC1(CC)OCC(C)O1)SCCOC(CC)OC1(CC)OCC(C)O1)OC1(CC)OCC(C)O1. The van der Waals surface area contributed by atoms with Gasteiger partial charge in [-0.2, -0.15) is 23.5 Å². The molecule has 12 nitrogen and oxygen atoms in total. The minimum absolute atomic E-state index is 0.000403. The van der Waals surface area contributed by atoms with Gasteiger partial charge >= 0.3 is 0 Å². The second-order valence-electron chi connectivity index (χ2n) is 12.3. The first-order valence-corrected chi connectivity index (χ1v) is 20.3. The first-order valence-electron chi connectivity index (χ1n) is 18.1. The third-order valence-electron chi connectivity index (χ3n) is 8.03. The van der Waals surface area contributed by atoms with Gasteiger partial charge in [0.15, 0.2) is 18.9 Å². The number of hydrogen-bond donors (Lipinski definition) is 0. The van der Waals surface area contributed by atoms with E-state index in [2.05, 4.69) is 0 Å². The Morgan fingerprint density at radius 3 is 1.33 bits per heavy atom. The van der Waals surface area contributed by atoms with E-state index >= 15 is 0 Å². The van der Waals surface area contributed by atoms with Crippen LogP contribution in [0.4, 0.5) is 0 Å². The summed E-state index contributed by atoms with van der Waals surface area (Å²) >= 11 is 3.63. The van der Waals surface area contributed by atoms with Gasteiger partial charge in [0.1, 0.15) is 0 Å². The Morgan fingerprint density at radius 1 is 0.583 bits per heavy atom. The molecule has 48 heavy (non-hydrogen) atoms. The second kappa shape index (κ2) is 21.7. The van der Waals surface area contributed by atoms with E-state index in [9.17, 15) is 0 Å². The summed E-state index contributed by atoms with van der Waals surface area (Å²) in [5.41, 5.74) is 0. The third kappa shape index (κ3) is 13.6. The minimum atomic E-state index is -1.06. The minimum Gasteiger partial charge on any atom is -0.352 e. The van der Waals surface area contributed by atoms with Gasteiger partial charge in [-0.05, 0) is 40.0 Å². The summed E-state index contributed by atoms with van der Waals surface area (Å²) in [6.45, 7) is 21.1. The fourth-order valence-electron chi connectivity index (χ4n) is 5.36. The van der Waals surface area contributed by atoms with Crippen molar-refractivity contribution in [1.29, 1.82) is 0 Å². The van der Waals surface area contributed by atoms with Crippen LogP contribution in [0.5, 0.6) is 0 Å². The standard InChI is InChI=1S/C34H64O12S2/c1-10-29(44-32(13-4)38-20-25(7)41-32)35-16-18-47-24-28(23-37-31(12-3)46-34(15-6)40-22-27(9)43-34)48-19-17-36-30(11-2)45-33(14-5)39-21-26(8)42-33/h25-31H,10-24H2,1-9H3. The summed E-state index contributed by atoms with van der Waals surface area (Å²) in [6.07, 6.45) is 2.53. The van der Waals surface area contributed by atoms with Crippen LogP contribution >= 0.6 is 23.5 Å². The zero-order valence-corrected chi connectivity index (χ0v) is 32.5. The lowest BCUT2D eigenvalue weighted by atomic mass is 10.4. The van der Waals surface area contributed by atoms with Crippen LogP contribution in [0.1, 0.15) is 101 Å². The maximum atomic E-state index is 6.33. The molecule has 0 aromatic carbocycles. The Morgan fingerprint density at radius 2 is 0.979 bits per heavy atom. The van der Waals surface area contributed by atoms with Gasteiger partial charge in [0, 0.05) is 41.8 Å². The van der Waals surface area contributed by atoms with Gasteiger partial charge in [-0.15, -0.1) is 0 Å². The molecular weight excluding hydrogens is 664 g/mol. The lowest BCUT2D eigenvalue weighted by Crippen LogP contribution is -2.39. The van der Waals surface area contributed by atoms with E-state index in [1.54, 1.807) is 0 Å². The number of ether oxygens (including phenoxy) is 12. The van der Waals surface area contributed by atoms with Crippen molar-refractivity contribution in [1.82, 2.24) is 0 Å². The maximum Gasteiger partial charge on any atom is 0.285 e. The fraction of sp³-hybridized carbons (Fsp3) is 1.00. The molecule has 10 atom stereocenters. The Hall–Kier alpha value is 0.220. The van der Waals surface area contributed by atoms with Crippen LogP contribution in [0.2, 0.25) is 0 Å². The molecule has 10 unspecified atom stereocenters. The fourth-order valence-corrected chi connectivity index (χ4v) is 7.48. The number of thioether (sulfide) groups is 2. The highest BCUT2D eigenvalue weighted by Gasteiger charge is 2.44. The maximum absolute atomic E-state index is 6.33. The summed E-state index contributed by atoms with van der Waals surface area (Å²) in [4.78, 5) is 0. The van der Waals surface area contributed by atoms with Crippen molar-refractivity contribution in [2.45, 2.75) is 161 Å². The molecule has 0 radical (unpaired) electrons. The van der Waals surface area contributed by atoms with Crippen LogP contribution in [-0.2, 0) is 56.8 Å². The Labute approximate surface area is 297 Å². The molecule has 3 aliphatic rings. The van der Waals surface area contributed by atoms with Crippen LogP contribution in [0.25, 0.3) is 0 Å². The molecule has 0 aliphatic carbocycles. The summed E-state index contributed by atoms with van der Waals surface area (Å²) in [6, 6.07) is 0. The van der Waals surface area contributed by atoms with Crippen molar-refractivity contribution >= 4 is 23.5 Å². The monoisotopic (exact) mass is 728 g/mol. The molecule has 0 aromatic heterocycles. The number of hydrogen-bond acceptors (Lipinski definition) is 14. The lowest BCUT2D eigenvalue weighted by Gasteiger charge is -2.31. The molecule has 3 saturated heterocycles. The van der Waals surface area contributed by atoms with Gasteiger partial charge in [0.2, 0.25) is 0 Å². The molecular formula is C34H64O12S2. The van der Waals surface area contributed by atoms with Crippen molar-refractivity contribution in [2.75, 3.05) is 56.9 Å². The molecule has 3 heterocycles. The van der Waals surface area contributed by atoms with Gasteiger partial charge < -0.3 is 42.6 Å². The first kappa shape index (κ1) is 42.6. The Balaban J connectivity index is 1.48. The predicted octanol–water partition coefficient (Wildman–Crippen LogP) is 6.63. The van der Waals surface area contributed by atoms with E-state index in [0.29, 0.717) is 78.2 Å². The van der Waals surface area contributed by atoms with Crippen molar-refractivity contribution in [3.63, 3.8) is 0 Å². The largest absolute Gasteiger partial charge is 0.352 e. The van der Waals surface area contributed by atoms with Crippen molar-refractivity contribution in [2.24, 2.45) is 0 Å². The predicted molar refractivity (Wildman–Crippen MR) is 185 cm³/mol. The van der Waals surface area contributed by atoms with Gasteiger partial charge in [0.05, 0.1) is 58.0 Å². The normalized spacial score (nSPS) is 33.3. The highest BCUT2D eigenvalue weighted by molar-refractivity contribution is 8.03. The number of rotatable bonds is 26. The first-order chi connectivity index (χ1) is 23.1. The summed E-state index contributed by atoms with van der Waals surface area (Å²) in [5, 5.41) is 0.187. The molecule has 0 amide bonds. The van der Waals surface area contributed by atoms with Crippen molar-refractivity contribution < 1.29 is 56.8 Å². The average Bonchev–Trinajstić information content (AvgIpc) is 3.79. The molecule has 3 rings (SSSR count). The van der Waals surface area contributed by atoms with Crippen LogP contribution in [0.3, 0.4) is 0 Å². The van der Waals surface area contributed by atoms with Gasteiger partial charge in [-0.3, -0.25) is 14.2 Å². The van der Waals surface area contributed by atoms with Gasteiger partial charge in [-0.1, -0.05) is 41.5 Å². The summed E-state index contributed by atoms with van der Waals surface area (Å²) < 4.78 is 72.5. The molecule has 0 aromatic rings. The van der Waals surface area contributed by atoms with Gasteiger partial charge in [0.25, 0.3) is 17.9 Å². The zero-order valence-electron chi connectivity index (χ0n) is 30.9. The quantitative estimate of drug-likeness (QED) is 0.0702. The average molecular weight is 729 g/mol. The van der Waals surface area contributed by atoms with Crippen LogP contribution in [-0.4, -0.2) is 117 Å². The Bertz CT molecular complexity index is 878. The topological polar surface area (TPSA) is 111 Å². The van der Waals surface area contributed by atoms with Crippen LogP contribution in [0, 0.1) is 0 Å². The highest BCUT2D eigenvalue weighted by Crippen LogP contribution is 2.33. The second-order valence-corrected chi connectivity index (χ2v) is 14.9. The Kier molecular flexibility index (Phi) is 19.3. The lowest BCUT2D eigenvalue weighted by molar-refractivity contribution is -0.386. The van der Waals surface area contributed by atoms with Gasteiger partial charge in [-0.25, -0.2) is 0 Å². The van der Waals surface area contributed by atoms with Crippen molar-refractivity contribution in [3.05, 3.63) is 0 Å². The smallest absolute Gasteiger partial charge is 0.285 e. The molecule has 284 valence electrons. The van der Waals surface area contributed by atoms with E-state index in [-0.39, 0.29) is 23.6 Å². The van der Waals surface area contributed by atoms with Crippen LogP contribution in [0.15, 0.2) is 0 Å². The summed E-state index contributed by atoms with van der Waals surface area (Å²) in [7, 11) is 0. The van der Waals surface area contributed by atoms with Crippen LogP contribution < -0.4 is 0 Å². The molecule has 3 aliphatic heterocycles. The van der Waals surface area contributed by atoms with E-state index in [0.717, 1.165) is 17.3 Å². The molecule has 0 N–H and O–H groups in total. The molecule has 0 saturated carbocycles. The van der Waals surface area contributed by atoms with Crippen molar-refractivity contribution in [3.8, 4) is 0 Å². The molecule has 14 heteroatoms. The zero-order chi connectivity index (χ0) is 35.0. The van der Waals surface area contributed by atoms with E-state index < -0.39 is 36.8 Å². The molecule has 0 spiro atoms. The van der Waals surface area contributed by atoms with E-state index in [1.807, 2.05) is 85.8 Å². The van der Waals surface area contributed by atoms with E-state index in [4.69, 9.17) is 56.8 Å². The molecule has 3 fully saturated rings. The van der Waals surface area contributed by atoms with E-state index in [1.165, 1.54) is 0 Å². The third-order valence-corrected chi connectivity index (χ3v) is 10.5. The summed E-state index contributed by atoms with van der Waals surface area (Å²) in [5.74, 6) is -0.680.